The minimum Gasteiger partial charge on any atom is -0.0843 e. The second kappa shape index (κ2) is 13.0. The molecule has 0 amide bonds. The fourth-order valence-electron chi connectivity index (χ4n) is 6.15. The van der Waals surface area contributed by atoms with E-state index in [0.29, 0.717) is 5.02 Å². The third kappa shape index (κ3) is 5.94. The topological polar surface area (TPSA) is 0 Å². The standard InChI is InChI=1S/C42H27Br2Cl/c43-34-22-16-31(17-23-34)40-37(28-10-4-1-5-11-28)41(32-18-24-35(44)25-19-32)39(30-14-8-3-9-15-30)42(33-20-26-36(45)27-21-33)38(40)29-12-6-2-7-13-29/h1-27H. The van der Waals surface area contributed by atoms with Gasteiger partial charge in [0.1, 0.15) is 0 Å². The van der Waals surface area contributed by atoms with Crippen molar-refractivity contribution in [3.05, 3.63) is 178 Å². The van der Waals surface area contributed by atoms with Gasteiger partial charge < -0.3 is 0 Å². The quantitative estimate of drug-likeness (QED) is 0.160. The molecule has 0 aromatic heterocycles. The molecule has 0 heterocycles. The fourth-order valence-corrected chi connectivity index (χ4v) is 6.80. The van der Waals surface area contributed by atoms with Crippen LogP contribution in [0.5, 0.6) is 0 Å². The molecule has 3 heteroatoms. The van der Waals surface area contributed by atoms with Crippen LogP contribution in [-0.4, -0.2) is 0 Å². The Bertz CT molecular complexity index is 1800. The van der Waals surface area contributed by atoms with Crippen LogP contribution in [0.1, 0.15) is 0 Å². The number of hydrogen-bond acceptors (Lipinski definition) is 0. The van der Waals surface area contributed by atoms with Crippen LogP contribution in [0, 0.1) is 0 Å². The van der Waals surface area contributed by atoms with Gasteiger partial charge in [-0.25, -0.2) is 0 Å². The molecule has 0 aliphatic rings. The summed E-state index contributed by atoms with van der Waals surface area (Å²) in [5, 5.41) is 0.712. The molecule has 0 saturated heterocycles. The Morgan fingerprint density at radius 3 is 0.756 bits per heavy atom. The normalized spacial score (nSPS) is 11.0. The van der Waals surface area contributed by atoms with E-state index in [0.717, 1.165) is 42.3 Å². The molecule has 216 valence electrons. The van der Waals surface area contributed by atoms with E-state index >= 15 is 0 Å². The van der Waals surface area contributed by atoms with Crippen molar-refractivity contribution in [1.29, 1.82) is 0 Å². The SMILES string of the molecule is Clc1ccc(-c2c(-c3ccccc3)c(-c3ccc(Br)cc3)c(-c3ccccc3)c(-c3ccc(Br)cc3)c2-c2ccccc2)cc1. The number of halogens is 3. The fraction of sp³-hybridized carbons (Fsp3) is 0. The molecule has 0 nitrogen and oxygen atoms in total. The highest BCUT2D eigenvalue weighted by atomic mass is 79.9. The van der Waals surface area contributed by atoms with Gasteiger partial charge in [0, 0.05) is 14.0 Å². The van der Waals surface area contributed by atoms with Crippen LogP contribution in [0.2, 0.25) is 5.02 Å². The summed E-state index contributed by atoms with van der Waals surface area (Å²) in [6, 6.07) is 58.0. The van der Waals surface area contributed by atoms with Gasteiger partial charge in [0.05, 0.1) is 0 Å². The first kappa shape index (κ1) is 29.5. The van der Waals surface area contributed by atoms with Gasteiger partial charge in [-0.15, -0.1) is 0 Å². The van der Waals surface area contributed by atoms with Crippen molar-refractivity contribution in [2.24, 2.45) is 0 Å². The van der Waals surface area contributed by atoms with Gasteiger partial charge in [-0.3, -0.25) is 0 Å². The molecule has 0 bridgehead atoms. The van der Waals surface area contributed by atoms with Crippen LogP contribution in [0.4, 0.5) is 0 Å². The summed E-state index contributed by atoms with van der Waals surface area (Å²) in [5.74, 6) is 0. The molecule has 0 spiro atoms. The van der Waals surface area contributed by atoms with E-state index in [2.05, 4.69) is 184 Å². The minimum atomic E-state index is 0.712. The molecular formula is C42H27Br2Cl. The van der Waals surface area contributed by atoms with Crippen molar-refractivity contribution in [3.8, 4) is 66.8 Å². The van der Waals surface area contributed by atoms with E-state index in [4.69, 9.17) is 11.6 Å². The molecular weight excluding hydrogens is 700 g/mol. The molecule has 0 radical (unpaired) electrons. The van der Waals surface area contributed by atoms with Crippen molar-refractivity contribution in [1.82, 2.24) is 0 Å². The highest BCUT2D eigenvalue weighted by Crippen LogP contribution is 2.55. The average molecular weight is 727 g/mol. The van der Waals surface area contributed by atoms with E-state index in [1.807, 2.05) is 12.1 Å². The molecule has 0 N–H and O–H groups in total. The summed E-state index contributed by atoms with van der Waals surface area (Å²) in [6.45, 7) is 0. The van der Waals surface area contributed by atoms with Gasteiger partial charge in [0.2, 0.25) is 0 Å². The zero-order valence-corrected chi connectivity index (χ0v) is 28.2. The molecule has 0 fully saturated rings. The molecule has 0 saturated carbocycles. The predicted molar refractivity (Wildman–Crippen MR) is 199 cm³/mol. The third-order valence-corrected chi connectivity index (χ3v) is 9.40. The summed E-state index contributed by atoms with van der Waals surface area (Å²) in [4.78, 5) is 0. The van der Waals surface area contributed by atoms with E-state index in [1.165, 1.54) is 33.4 Å². The van der Waals surface area contributed by atoms with Gasteiger partial charge >= 0.3 is 0 Å². The summed E-state index contributed by atoms with van der Waals surface area (Å²) in [6.07, 6.45) is 0. The number of hydrogen-bond donors (Lipinski definition) is 0. The lowest BCUT2D eigenvalue weighted by molar-refractivity contribution is 1.51. The summed E-state index contributed by atoms with van der Waals surface area (Å²) >= 11 is 13.9. The lowest BCUT2D eigenvalue weighted by Gasteiger charge is -2.29. The van der Waals surface area contributed by atoms with E-state index in [-0.39, 0.29) is 0 Å². The Hall–Kier alpha value is -4.21. The maximum atomic E-state index is 6.49. The molecule has 7 aromatic rings. The Balaban J connectivity index is 1.81. The van der Waals surface area contributed by atoms with Crippen molar-refractivity contribution >= 4 is 43.5 Å². The summed E-state index contributed by atoms with van der Waals surface area (Å²) in [5.41, 5.74) is 13.9. The maximum Gasteiger partial charge on any atom is 0.0406 e. The maximum absolute atomic E-state index is 6.49. The van der Waals surface area contributed by atoms with Gasteiger partial charge in [0.15, 0.2) is 0 Å². The van der Waals surface area contributed by atoms with Gasteiger partial charge in [-0.2, -0.15) is 0 Å². The van der Waals surface area contributed by atoms with Gasteiger partial charge in [-0.1, -0.05) is 171 Å². The molecule has 0 aliphatic carbocycles. The van der Waals surface area contributed by atoms with E-state index < -0.39 is 0 Å². The lowest BCUT2D eigenvalue weighted by Crippen LogP contribution is -2.02. The smallest absolute Gasteiger partial charge is 0.0406 e. The van der Waals surface area contributed by atoms with Crippen LogP contribution in [0.3, 0.4) is 0 Å². The molecule has 0 unspecified atom stereocenters. The van der Waals surface area contributed by atoms with Crippen molar-refractivity contribution in [3.63, 3.8) is 0 Å². The Morgan fingerprint density at radius 2 is 0.489 bits per heavy atom. The molecule has 45 heavy (non-hydrogen) atoms. The summed E-state index contributed by atoms with van der Waals surface area (Å²) < 4.78 is 2.08. The Kier molecular flexibility index (Phi) is 8.54. The third-order valence-electron chi connectivity index (χ3n) is 8.09. The molecule has 7 rings (SSSR count). The summed E-state index contributed by atoms with van der Waals surface area (Å²) in [7, 11) is 0. The van der Waals surface area contributed by atoms with Crippen LogP contribution in [0.15, 0.2) is 173 Å². The van der Waals surface area contributed by atoms with E-state index in [1.54, 1.807) is 0 Å². The van der Waals surface area contributed by atoms with Crippen LogP contribution < -0.4 is 0 Å². The Labute approximate surface area is 286 Å². The zero-order chi connectivity index (χ0) is 30.8. The van der Waals surface area contributed by atoms with E-state index in [9.17, 15) is 0 Å². The first-order chi connectivity index (χ1) is 22.1. The molecule has 0 aliphatic heterocycles. The molecule has 7 aromatic carbocycles. The van der Waals surface area contributed by atoms with Gasteiger partial charge in [-0.05, 0) is 103 Å². The first-order valence-corrected chi connectivity index (χ1v) is 16.7. The zero-order valence-electron chi connectivity index (χ0n) is 24.2. The Morgan fingerprint density at radius 1 is 0.267 bits per heavy atom. The lowest BCUT2D eigenvalue weighted by atomic mass is 9.74. The highest BCUT2D eigenvalue weighted by molar-refractivity contribution is 9.10. The average Bonchev–Trinajstić information content (AvgIpc) is 3.09. The number of rotatable bonds is 6. The van der Waals surface area contributed by atoms with Crippen LogP contribution in [0.25, 0.3) is 66.8 Å². The predicted octanol–water partition coefficient (Wildman–Crippen LogP) is 13.9. The minimum absolute atomic E-state index is 0.712. The number of benzene rings is 7. The largest absolute Gasteiger partial charge is 0.0843 e. The second-order valence-corrected chi connectivity index (χ2v) is 13.1. The van der Waals surface area contributed by atoms with Crippen molar-refractivity contribution < 1.29 is 0 Å². The monoisotopic (exact) mass is 724 g/mol. The van der Waals surface area contributed by atoms with Crippen molar-refractivity contribution in [2.75, 3.05) is 0 Å². The molecule has 0 atom stereocenters. The second-order valence-electron chi connectivity index (χ2n) is 10.9. The van der Waals surface area contributed by atoms with Crippen LogP contribution in [-0.2, 0) is 0 Å². The van der Waals surface area contributed by atoms with Crippen LogP contribution >= 0.6 is 43.5 Å². The van der Waals surface area contributed by atoms with Gasteiger partial charge in [0.25, 0.3) is 0 Å². The highest BCUT2D eigenvalue weighted by Gasteiger charge is 2.29. The first-order valence-electron chi connectivity index (χ1n) is 14.8. The van der Waals surface area contributed by atoms with Crippen molar-refractivity contribution in [2.45, 2.75) is 0 Å².